The van der Waals surface area contributed by atoms with E-state index in [0.717, 1.165) is 6.07 Å². The number of rotatable bonds is 2. The van der Waals surface area contributed by atoms with Gasteiger partial charge in [-0.3, -0.25) is 4.79 Å². The van der Waals surface area contributed by atoms with Crippen LogP contribution in [0.4, 0.5) is 8.78 Å². The number of aldehydes is 1. The minimum Gasteiger partial charge on any atom is -0.345 e. The first-order valence-corrected chi connectivity index (χ1v) is 3.92. The molecule has 1 aromatic carbocycles. The summed E-state index contributed by atoms with van der Waals surface area (Å²) in [6.07, 6.45) is -0.766. The molecule has 0 saturated carbocycles. The molecule has 0 spiro atoms. The highest BCUT2D eigenvalue weighted by Gasteiger charge is 2.14. The third kappa shape index (κ3) is 1.26. The van der Waals surface area contributed by atoms with Crippen LogP contribution in [-0.2, 0) is 0 Å². The summed E-state index contributed by atoms with van der Waals surface area (Å²) in [7, 11) is 0. The van der Waals surface area contributed by atoms with Crippen LogP contribution in [0, 0.1) is 0 Å². The Morgan fingerprint density at radius 1 is 1.43 bits per heavy atom. The van der Waals surface area contributed by atoms with Crippen LogP contribution in [-0.4, -0.2) is 16.3 Å². The minimum absolute atomic E-state index is 0.214. The second kappa shape index (κ2) is 3.17. The quantitative estimate of drug-likeness (QED) is 0.749. The van der Waals surface area contributed by atoms with Gasteiger partial charge in [0.2, 0.25) is 0 Å². The smallest absolute Gasteiger partial charge is 0.266 e. The lowest BCUT2D eigenvalue weighted by Gasteiger charge is -2.01. The Balaban J connectivity index is 2.76. The molecule has 0 aliphatic carbocycles. The molecule has 0 aliphatic rings. The van der Waals surface area contributed by atoms with Crippen LogP contribution < -0.4 is 0 Å². The van der Waals surface area contributed by atoms with Crippen LogP contribution in [0.25, 0.3) is 11.0 Å². The van der Waals surface area contributed by atoms with E-state index in [9.17, 15) is 13.6 Å². The Morgan fingerprint density at radius 3 is 2.86 bits per heavy atom. The van der Waals surface area contributed by atoms with Crippen LogP contribution in [0.2, 0.25) is 0 Å². The summed E-state index contributed by atoms with van der Waals surface area (Å²) in [5.74, 6) is 0. The largest absolute Gasteiger partial charge is 0.345 e. The molecule has 2 rings (SSSR count). The molecule has 72 valence electrons. The number of H-pyrrole nitrogens is 1. The second-order valence-electron chi connectivity index (χ2n) is 2.83. The first-order valence-electron chi connectivity index (χ1n) is 3.92. The molecule has 1 aromatic heterocycles. The lowest BCUT2D eigenvalue weighted by molar-refractivity contribution is 0.112. The van der Waals surface area contributed by atoms with E-state index >= 15 is 0 Å². The average Bonchev–Trinajstić information content (AvgIpc) is 2.63. The van der Waals surface area contributed by atoms with Gasteiger partial charge in [0.05, 0.1) is 17.4 Å². The fraction of sp³-hybridized carbons (Fsp3) is 0.111. The molecule has 0 aliphatic heterocycles. The van der Waals surface area contributed by atoms with Crippen LogP contribution in [0.15, 0.2) is 18.5 Å². The number of nitrogens with zero attached hydrogens (tertiary/aromatic N) is 1. The van der Waals surface area contributed by atoms with Gasteiger partial charge in [0.15, 0.2) is 0 Å². The highest BCUT2D eigenvalue weighted by molar-refractivity contribution is 5.87. The normalized spacial score (nSPS) is 11.1. The van der Waals surface area contributed by atoms with Gasteiger partial charge in [-0.05, 0) is 12.1 Å². The molecule has 0 radical (unpaired) electrons. The number of aromatic nitrogens is 2. The number of fused-ring (bicyclic) bond motifs is 1. The van der Waals surface area contributed by atoms with Gasteiger partial charge in [-0.1, -0.05) is 0 Å². The van der Waals surface area contributed by atoms with E-state index < -0.39 is 6.43 Å². The highest BCUT2D eigenvalue weighted by Crippen LogP contribution is 2.26. The van der Waals surface area contributed by atoms with Crippen LogP contribution in [0.3, 0.4) is 0 Å². The van der Waals surface area contributed by atoms with Gasteiger partial charge in [-0.2, -0.15) is 0 Å². The first-order chi connectivity index (χ1) is 6.72. The van der Waals surface area contributed by atoms with Crippen molar-refractivity contribution in [2.45, 2.75) is 6.43 Å². The SMILES string of the molecule is O=Cc1cc(C(F)F)c2nc[nH]c2c1. The number of aromatic amines is 1. The van der Waals surface area contributed by atoms with E-state index in [-0.39, 0.29) is 16.6 Å². The van der Waals surface area contributed by atoms with Crippen molar-refractivity contribution in [3.63, 3.8) is 0 Å². The number of imidazole rings is 1. The maximum atomic E-state index is 12.5. The molecule has 3 nitrogen and oxygen atoms in total. The minimum atomic E-state index is -2.62. The number of carbonyl (C=O) groups is 1. The third-order valence-electron chi connectivity index (χ3n) is 1.95. The van der Waals surface area contributed by atoms with Gasteiger partial charge < -0.3 is 4.98 Å². The van der Waals surface area contributed by atoms with Crippen molar-refractivity contribution in [1.29, 1.82) is 0 Å². The van der Waals surface area contributed by atoms with Crippen LogP contribution in [0.5, 0.6) is 0 Å². The monoisotopic (exact) mass is 196 g/mol. The first kappa shape index (κ1) is 8.80. The van der Waals surface area contributed by atoms with E-state index in [2.05, 4.69) is 9.97 Å². The second-order valence-corrected chi connectivity index (χ2v) is 2.83. The molecule has 2 aromatic rings. The summed E-state index contributed by atoms with van der Waals surface area (Å²) >= 11 is 0. The Hall–Kier alpha value is -1.78. The highest BCUT2D eigenvalue weighted by atomic mass is 19.3. The maximum absolute atomic E-state index is 12.5. The van der Waals surface area contributed by atoms with Gasteiger partial charge in [0.1, 0.15) is 6.29 Å². The zero-order valence-electron chi connectivity index (χ0n) is 7.00. The Morgan fingerprint density at radius 2 is 2.21 bits per heavy atom. The summed E-state index contributed by atoms with van der Waals surface area (Å²) in [4.78, 5) is 16.9. The topological polar surface area (TPSA) is 45.8 Å². The number of hydrogen-bond acceptors (Lipinski definition) is 2. The zero-order chi connectivity index (χ0) is 10.1. The summed E-state index contributed by atoms with van der Waals surface area (Å²) in [6.45, 7) is 0. The van der Waals surface area contributed by atoms with Crippen molar-refractivity contribution < 1.29 is 13.6 Å². The van der Waals surface area contributed by atoms with Gasteiger partial charge in [-0.15, -0.1) is 0 Å². The summed E-state index contributed by atoms with van der Waals surface area (Å²) < 4.78 is 25.0. The number of halogens is 2. The molecule has 5 heteroatoms. The van der Waals surface area contributed by atoms with E-state index in [1.165, 1.54) is 12.4 Å². The summed E-state index contributed by atoms with van der Waals surface area (Å²) in [5.41, 5.74) is 0.665. The molecule has 0 atom stereocenters. The van der Waals surface area contributed by atoms with Gasteiger partial charge in [0, 0.05) is 11.1 Å². The molecule has 0 saturated heterocycles. The summed E-state index contributed by atoms with van der Waals surface area (Å²) in [6, 6.07) is 2.64. The molecule has 1 heterocycles. The van der Waals surface area contributed by atoms with Crippen molar-refractivity contribution >= 4 is 17.3 Å². The van der Waals surface area contributed by atoms with Crippen molar-refractivity contribution in [3.8, 4) is 0 Å². The Kier molecular flexibility index (Phi) is 1.99. The Bertz CT molecular complexity index is 479. The lowest BCUT2D eigenvalue weighted by Crippen LogP contribution is -1.90. The van der Waals surface area contributed by atoms with E-state index in [1.807, 2.05) is 0 Å². The van der Waals surface area contributed by atoms with Crippen LogP contribution in [0.1, 0.15) is 22.3 Å². The predicted molar refractivity (Wildman–Crippen MR) is 46.4 cm³/mol. The zero-order valence-corrected chi connectivity index (χ0v) is 7.00. The number of alkyl halides is 2. The number of carbonyl (C=O) groups excluding carboxylic acids is 1. The van der Waals surface area contributed by atoms with E-state index in [4.69, 9.17) is 0 Å². The van der Waals surface area contributed by atoms with Crippen molar-refractivity contribution in [3.05, 3.63) is 29.6 Å². The summed E-state index contributed by atoms with van der Waals surface area (Å²) in [5, 5.41) is 0. The van der Waals surface area contributed by atoms with Gasteiger partial charge in [0.25, 0.3) is 6.43 Å². The molecular formula is C9H6F2N2O. The van der Waals surface area contributed by atoms with E-state index in [1.54, 1.807) is 0 Å². The van der Waals surface area contributed by atoms with Gasteiger partial charge in [-0.25, -0.2) is 13.8 Å². The molecule has 1 N–H and O–H groups in total. The van der Waals surface area contributed by atoms with Crippen molar-refractivity contribution in [2.24, 2.45) is 0 Å². The van der Waals surface area contributed by atoms with Crippen LogP contribution >= 0.6 is 0 Å². The lowest BCUT2D eigenvalue weighted by atomic mass is 10.1. The number of benzene rings is 1. The van der Waals surface area contributed by atoms with Gasteiger partial charge >= 0.3 is 0 Å². The molecule has 0 fully saturated rings. The average molecular weight is 196 g/mol. The van der Waals surface area contributed by atoms with Crippen molar-refractivity contribution in [1.82, 2.24) is 9.97 Å². The van der Waals surface area contributed by atoms with E-state index in [0.29, 0.717) is 11.8 Å². The molecule has 14 heavy (non-hydrogen) atoms. The Labute approximate surface area is 77.8 Å². The fourth-order valence-corrected chi connectivity index (χ4v) is 1.33. The molecule has 0 bridgehead atoms. The van der Waals surface area contributed by atoms with Crippen molar-refractivity contribution in [2.75, 3.05) is 0 Å². The predicted octanol–water partition coefficient (Wildman–Crippen LogP) is 2.31. The third-order valence-corrected chi connectivity index (χ3v) is 1.95. The number of nitrogens with one attached hydrogen (secondary N) is 1. The number of hydrogen-bond donors (Lipinski definition) is 1. The fourth-order valence-electron chi connectivity index (χ4n) is 1.33. The maximum Gasteiger partial charge on any atom is 0.266 e. The molecular weight excluding hydrogens is 190 g/mol. The molecule has 0 unspecified atom stereocenters. The standard InChI is InChI=1S/C9H6F2N2O/c10-9(11)6-1-5(3-14)2-7-8(6)13-4-12-7/h1-4,9H,(H,12,13). The molecule has 0 amide bonds.